The summed E-state index contributed by atoms with van der Waals surface area (Å²) >= 11 is 0. The number of anilines is 1. The molecule has 23 heavy (non-hydrogen) atoms. The normalized spacial score (nSPS) is 11.6. The monoisotopic (exact) mass is 334 g/mol. The third-order valence-corrected chi connectivity index (χ3v) is 4.31. The van der Waals surface area contributed by atoms with E-state index in [4.69, 9.17) is 5.73 Å². The van der Waals surface area contributed by atoms with Crippen LogP contribution >= 0.6 is 0 Å². The van der Waals surface area contributed by atoms with Crippen LogP contribution in [0.5, 0.6) is 0 Å². The molecule has 2 aromatic heterocycles. The Morgan fingerprint density at radius 3 is 2.70 bits per heavy atom. The van der Waals surface area contributed by atoms with Gasteiger partial charge in [0.25, 0.3) is 0 Å². The molecule has 0 saturated carbocycles. The Labute approximate surface area is 130 Å². The van der Waals surface area contributed by atoms with E-state index < -0.39 is 15.7 Å². The molecule has 0 unspecified atom stereocenters. The SMILES string of the molecule is CS(=O)(=O)c1cccc(-c2cnc(N)c(F)c2)c1-c1nn[nH]n1. The number of pyridine rings is 1. The summed E-state index contributed by atoms with van der Waals surface area (Å²) in [6, 6.07) is 5.76. The van der Waals surface area contributed by atoms with Gasteiger partial charge in [0.2, 0.25) is 5.82 Å². The van der Waals surface area contributed by atoms with Crippen LogP contribution in [0, 0.1) is 5.82 Å². The first-order valence-electron chi connectivity index (χ1n) is 6.36. The van der Waals surface area contributed by atoms with Crippen LogP contribution in [-0.4, -0.2) is 40.3 Å². The smallest absolute Gasteiger partial charge is 0.206 e. The average Bonchev–Trinajstić information content (AvgIpc) is 3.02. The van der Waals surface area contributed by atoms with E-state index in [0.29, 0.717) is 11.1 Å². The van der Waals surface area contributed by atoms with Crippen LogP contribution in [0.1, 0.15) is 0 Å². The van der Waals surface area contributed by atoms with Gasteiger partial charge in [-0.1, -0.05) is 12.1 Å². The number of nitrogen functional groups attached to an aromatic ring is 1. The zero-order valence-corrected chi connectivity index (χ0v) is 12.7. The van der Waals surface area contributed by atoms with E-state index in [1.165, 1.54) is 18.3 Å². The molecule has 0 aliphatic rings. The maximum Gasteiger partial charge on any atom is 0.206 e. The first-order chi connectivity index (χ1) is 10.9. The number of rotatable bonds is 3. The number of benzene rings is 1. The van der Waals surface area contributed by atoms with Gasteiger partial charge >= 0.3 is 0 Å². The third kappa shape index (κ3) is 2.75. The summed E-state index contributed by atoms with van der Waals surface area (Å²) in [4.78, 5) is 3.77. The zero-order chi connectivity index (χ0) is 16.6. The van der Waals surface area contributed by atoms with Crippen molar-refractivity contribution >= 4 is 15.7 Å². The lowest BCUT2D eigenvalue weighted by atomic mass is 10.0. The van der Waals surface area contributed by atoms with Gasteiger partial charge < -0.3 is 5.73 Å². The topological polar surface area (TPSA) is 128 Å². The van der Waals surface area contributed by atoms with Gasteiger partial charge in [0.1, 0.15) is 0 Å². The number of nitrogens with zero attached hydrogens (tertiary/aromatic N) is 4. The highest BCUT2D eigenvalue weighted by Crippen LogP contribution is 2.35. The van der Waals surface area contributed by atoms with E-state index in [2.05, 4.69) is 25.6 Å². The quantitative estimate of drug-likeness (QED) is 0.732. The minimum atomic E-state index is -3.57. The zero-order valence-electron chi connectivity index (χ0n) is 11.9. The van der Waals surface area contributed by atoms with Crippen LogP contribution in [0.15, 0.2) is 35.4 Å². The number of halogens is 1. The lowest BCUT2D eigenvalue weighted by Crippen LogP contribution is -2.03. The van der Waals surface area contributed by atoms with Crippen LogP contribution in [0.4, 0.5) is 10.2 Å². The van der Waals surface area contributed by atoms with Crippen molar-refractivity contribution in [2.45, 2.75) is 4.90 Å². The van der Waals surface area contributed by atoms with Crippen molar-refractivity contribution in [2.75, 3.05) is 12.0 Å². The number of tetrazole rings is 1. The Morgan fingerprint density at radius 2 is 2.09 bits per heavy atom. The number of aromatic amines is 1. The van der Waals surface area contributed by atoms with Crippen molar-refractivity contribution in [3.05, 3.63) is 36.3 Å². The molecule has 1 aromatic carbocycles. The molecule has 0 aliphatic carbocycles. The highest BCUT2D eigenvalue weighted by Gasteiger charge is 2.22. The second-order valence-electron chi connectivity index (χ2n) is 4.78. The molecule has 0 amide bonds. The lowest BCUT2D eigenvalue weighted by Gasteiger charge is -2.11. The van der Waals surface area contributed by atoms with Gasteiger partial charge in [0, 0.05) is 23.6 Å². The van der Waals surface area contributed by atoms with Crippen LogP contribution in [-0.2, 0) is 9.84 Å². The van der Waals surface area contributed by atoms with Gasteiger partial charge in [-0.3, -0.25) is 0 Å². The molecule has 0 radical (unpaired) electrons. The standard InChI is InChI=1S/C13H11FN6O2S/c1-23(21,22)10-4-2-3-8(11(10)13-17-19-20-18-13)7-5-9(14)12(15)16-6-7/h2-6H,1H3,(H2,15,16)(H,17,18,19,20). The average molecular weight is 334 g/mol. The van der Waals surface area contributed by atoms with E-state index in [0.717, 1.165) is 6.26 Å². The maximum atomic E-state index is 13.7. The number of H-pyrrole nitrogens is 1. The highest BCUT2D eigenvalue weighted by molar-refractivity contribution is 7.90. The minimum absolute atomic E-state index is 0.00799. The fourth-order valence-electron chi connectivity index (χ4n) is 2.17. The molecule has 2 heterocycles. The first-order valence-corrected chi connectivity index (χ1v) is 8.25. The predicted molar refractivity (Wildman–Crippen MR) is 80.3 cm³/mol. The minimum Gasteiger partial charge on any atom is -0.381 e. The van der Waals surface area contributed by atoms with E-state index in [-0.39, 0.29) is 22.1 Å². The third-order valence-electron chi connectivity index (χ3n) is 3.18. The van der Waals surface area contributed by atoms with E-state index in [9.17, 15) is 12.8 Å². The number of hydrogen-bond donors (Lipinski definition) is 2. The molecular weight excluding hydrogens is 323 g/mol. The second kappa shape index (κ2) is 5.39. The lowest BCUT2D eigenvalue weighted by molar-refractivity contribution is 0.602. The van der Waals surface area contributed by atoms with Crippen LogP contribution in [0.2, 0.25) is 0 Å². The van der Waals surface area contributed by atoms with Gasteiger partial charge in [-0.2, -0.15) is 5.21 Å². The second-order valence-corrected chi connectivity index (χ2v) is 6.76. The Kier molecular flexibility index (Phi) is 3.52. The summed E-state index contributed by atoms with van der Waals surface area (Å²) in [6.45, 7) is 0. The van der Waals surface area contributed by atoms with Crippen molar-refractivity contribution in [1.29, 1.82) is 0 Å². The van der Waals surface area contributed by atoms with Crippen LogP contribution in [0.3, 0.4) is 0 Å². The molecule has 0 spiro atoms. The summed E-state index contributed by atoms with van der Waals surface area (Å²) in [5, 5.41) is 13.4. The summed E-state index contributed by atoms with van der Waals surface area (Å²) in [6.07, 6.45) is 2.42. The summed E-state index contributed by atoms with van der Waals surface area (Å²) in [7, 11) is -3.57. The molecule has 3 aromatic rings. The fraction of sp³-hybridized carbons (Fsp3) is 0.0769. The van der Waals surface area contributed by atoms with Gasteiger partial charge in [-0.25, -0.2) is 17.8 Å². The van der Waals surface area contributed by atoms with Gasteiger partial charge in [0.05, 0.1) is 4.90 Å². The molecule has 118 valence electrons. The highest BCUT2D eigenvalue weighted by atomic mass is 32.2. The fourth-order valence-corrected chi connectivity index (χ4v) is 3.07. The van der Waals surface area contributed by atoms with Crippen LogP contribution < -0.4 is 5.73 Å². The van der Waals surface area contributed by atoms with Gasteiger partial charge in [-0.05, 0) is 22.9 Å². The van der Waals surface area contributed by atoms with Crippen LogP contribution in [0.25, 0.3) is 22.5 Å². The van der Waals surface area contributed by atoms with E-state index in [1.54, 1.807) is 12.1 Å². The number of aromatic nitrogens is 5. The molecule has 3 rings (SSSR count). The van der Waals surface area contributed by atoms with Crippen molar-refractivity contribution < 1.29 is 12.8 Å². The molecule has 10 heteroatoms. The Hall–Kier alpha value is -2.88. The van der Waals surface area contributed by atoms with Gasteiger partial charge in [-0.15, -0.1) is 10.2 Å². The Bertz CT molecular complexity index is 972. The largest absolute Gasteiger partial charge is 0.381 e. The number of sulfone groups is 1. The maximum absolute atomic E-state index is 13.7. The molecule has 3 N–H and O–H groups in total. The number of nitrogens with one attached hydrogen (secondary N) is 1. The van der Waals surface area contributed by atoms with Crippen molar-refractivity contribution in [3.63, 3.8) is 0 Å². The summed E-state index contributed by atoms with van der Waals surface area (Å²) in [5.74, 6) is -0.862. The Balaban J connectivity index is 2.35. The molecule has 0 saturated heterocycles. The number of hydrogen-bond acceptors (Lipinski definition) is 7. The molecular formula is C13H11FN6O2S. The van der Waals surface area contributed by atoms with E-state index in [1.807, 2.05) is 0 Å². The Morgan fingerprint density at radius 1 is 1.30 bits per heavy atom. The van der Waals surface area contributed by atoms with Crippen molar-refractivity contribution in [2.24, 2.45) is 0 Å². The molecule has 0 aliphatic heterocycles. The predicted octanol–water partition coefficient (Wildman–Crippen LogP) is 1.05. The molecule has 8 nitrogen and oxygen atoms in total. The van der Waals surface area contributed by atoms with Crippen molar-refractivity contribution in [1.82, 2.24) is 25.6 Å². The summed E-state index contributed by atoms with van der Waals surface area (Å²) in [5.41, 5.74) is 6.35. The molecule has 0 fully saturated rings. The summed E-state index contributed by atoms with van der Waals surface area (Å²) < 4.78 is 37.8. The molecule has 0 atom stereocenters. The molecule has 0 bridgehead atoms. The van der Waals surface area contributed by atoms with Gasteiger partial charge in [0.15, 0.2) is 21.5 Å². The first kappa shape index (κ1) is 15.0. The van der Waals surface area contributed by atoms with Crippen molar-refractivity contribution in [3.8, 4) is 22.5 Å². The number of nitrogens with two attached hydrogens (primary N) is 1. The van der Waals surface area contributed by atoms with E-state index >= 15 is 0 Å².